The van der Waals surface area contributed by atoms with E-state index in [1.165, 1.54) is 17.5 Å². The molecule has 2 rings (SSSR count). The van der Waals surface area contributed by atoms with Crippen LogP contribution in [0.5, 0.6) is 0 Å². The summed E-state index contributed by atoms with van der Waals surface area (Å²) in [6.45, 7) is 8.81. The van der Waals surface area contributed by atoms with E-state index in [1.54, 1.807) is 0 Å². The van der Waals surface area contributed by atoms with Gasteiger partial charge in [0.15, 0.2) is 0 Å². The summed E-state index contributed by atoms with van der Waals surface area (Å²) >= 11 is 0. The van der Waals surface area contributed by atoms with Crippen molar-refractivity contribution in [2.75, 3.05) is 0 Å². The standard InChI is InChI=1S/C21H26/c1-4-20(17-19-13-9-6-10-14-19)21(2,3)16-15-18-11-7-5-8-12-18/h4-14,20H,1,15-17H2,2-3H3. The second-order valence-electron chi connectivity index (χ2n) is 6.51. The van der Waals surface area contributed by atoms with Crippen LogP contribution in [0.15, 0.2) is 73.3 Å². The Hall–Kier alpha value is -1.82. The molecule has 0 N–H and O–H groups in total. The molecule has 0 aliphatic rings. The average Bonchev–Trinajstić information content (AvgIpc) is 2.52. The third-order valence-electron chi connectivity index (χ3n) is 4.49. The van der Waals surface area contributed by atoms with E-state index in [0.717, 1.165) is 12.8 Å². The van der Waals surface area contributed by atoms with Gasteiger partial charge in [0.2, 0.25) is 0 Å². The van der Waals surface area contributed by atoms with Crippen LogP contribution in [0.2, 0.25) is 0 Å². The van der Waals surface area contributed by atoms with E-state index in [9.17, 15) is 0 Å². The predicted octanol–water partition coefficient (Wildman–Crippen LogP) is 5.69. The first-order valence-electron chi connectivity index (χ1n) is 7.82. The van der Waals surface area contributed by atoms with Crippen molar-refractivity contribution in [1.82, 2.24) is 0 Å². The van der Waals surface area contributed by atoms with Gasteiger partial charge in [-0.05, 0) is 41.7 Å². The van der Waals surface area contributed by atoms with Crippen LogP contribution in [0.3, 0.4) is 0 Å². The minimum absolute atomic E-state index is 0.257. The zero-order valence-electron chi connectivity index (χ0n) is 13.3. The Bertz CT molecular complexity index is 537. The van der Waals surface area contributed by atoms with E-state index in [2.05, 4.69) is 87.2 Å². The third kappa shape index (κ3) is 4.60. The maximum atomic E-state index is 4.08. The Kier molecular flexibility index (Phi) is 5.38. The molecule has 0 aliphatic carbocycles. The summed E-state index contributed by atoms with van der Waals surface area (Å²) in [4.78, 5) is 0. The summed E-state index contributed by atoms with van der Waals surface area (Å²) in [6.07, 6.45) is 5.53. The lowest BCUT2D eigenvalue weighted by Crippen LogP contribution is -2.25. The Labute approximate surface area is 129 Å². The quantitative estimate of drug-likeness (QED) is 0.571. The second-order valence-corrected chi connectivity index (χ2v) is 6.51. The van der Waals surface area contributed by atoms with E-state index < -0.39 is 0 Å². The number of rotatable bonds is 7. The maximum Gasteiger partial charge on any atom is -0.0144 e. The number of allylic oxidation sites excluding steroid dienone is 1. The van der Waals surface area contributed by atoms with Gasteiger partial charge in [-0.2, -0.15) is 0 Å². The fraction of sp³-hybridized carbons (Fsp3) is 0.333. The molecule has 2 aromatic carbocycles. The largest absolute Gasteiger partial charge is 0.103 e. The van der Waals surface area contributed by atoms with E-state index in [1.807, 2.05) is 0 Å². The molecule has 0 nitrogen and oxygen atoms in total. The topological polar surface area (TPSA) is 0 Å². The molecule has 0 fully saturated rings. The number of benzene rings is 2. The summed E-state index contributed by atoms with van der Waals surface area (Å²) in [6, 6.07) is 21.5. The van der Waals surface area contributed by atoms with Gasteiger partial charge in [0.1, 0.15) is 0 Å². The fourth-order valence-corrected chi connectivity index (χ4v) is 2.84. The molecule has 0 saturated heterocycles. The molecule has 21 heavy (non-hydrogen) atoms. The predicted molar refractivity (Wildman–Crippen MR) is 92.4 cm³/mol. The number of hydrogen-bond acceptors (Lipinski definition) is 0. The lowest BCUT2D eigenvalue weighted by Gasteiger charge is -2.33. The Morgan fingerprint density at radius 1 is 0.905 bits per heavy atom. The first-order chi connectivity index (χ1) is 10.1. The third-order valence-corrected chi connectivity index (χ3v) is 4.49. The normalized spacial score (nSPS) is 12.9. The van der Waals surface area contributed by atoms with Gasteiger partial charge in [-0.3, -0.25) is 0 Å². The van der Waals surface area contributed by atoms with Crippen LogP contribution in [0.1, 0.15) is 31.4 Å². The molecule has 1 atom stereocenters. The fourth-order valence-electron chi connectivity index (χ4n) is 2.84. The lowest BCUT2D eigenvalue weighted by atomic mass is 9.72. The van der Waals surface area contributed by atoms with Crippen LogP contribution >= 0.6 is 0 Å². The number of aryl methyl sites for hydroxylation is 1. The van der Waals surface area contributed by atoms with Crippen LogP contribution in [0.25, 0.3) is 0 Å². The van der Waals surface area contributed by atoms with Crippen LogP contribution in [-0.4, -0.2) is 0 Å². The number of hydrogen-bond donors (Lipinski definition) is 0. The van der Waals surface area contributed by atoms with Crippen molar-refractivity contribution in [1.29, 1.82) is 0 Å². The van der Waals surface area contributed by atoms with Crippen molar-refractivity contribution in [3.8, 4) is 0 Å². The molecule has 0 amide bonds. The van der Waals surface area contributed by atoms with Gasteiger partial charge < -0.3 is 0 Å². The van der Waals surface area contributed by atoms with Gasteiger partial charge in [-0.25, -0.2) is 0 Å². The van der Waals surface area contributed by atoms with E-state index in [-0.39, 0.29) is 5.41 Å². The molecule has 0 bridgehead atoms. The highest BCUT2D eigenvalue weighted by molar-refractivity contribution is 5.18. The molecule has 0 aliphatic heterocycles. The summed E-state index contributed by atoms with van der Waals surface area (Å²) in [5, 5.41) is 0. The molecule has 0 spiro atoms. The molecule has 0 heteroatoms. The highest BCUT2D eigenvalue weighted by atomic mass is 14.3. The average molecular weight is 278 g/mol. The summed E-state index contributed by atoms with van der Waals surface area (Å²) in [5.74, 6) is 0.503. The molecule has 0 saturated carbocycles. The molecule has 0 radical (unpaired) electrons. The minimum atomic E-state index is 0.257. The lowest BCUT2D eigenvalue weighted by molar-refractivity contribution is 0.237. The highest BCUT2D eigenvalue weighted by Gasteiger charge is 2.26. The maximum absolute atomic E-state index is 4.08. The van der Waals surface area contributed by atoms with Crippen molar-refractivity contribution in [3.05, 3.63) is 84.4 Å². The van der Waals surface area contributed by atoms with Crippen LogP contribution < -0.4 is 0 Å². The van der Waals surface area contributed by atoms with Crippen molar-refractivity contribution in [2.45, 2.75) is 33.1 Å². The summed E-state index contributed by atoms with van der Waals surface area (Å²) in [5.41, 5.74) is 3.08. The molecule has 0 heterocycles. The van der Waals surface area contributed by atoms with E-state index in [0.29, 0.717) is 5.92 Å². The van der Waals surface area contributed by atoms with Crippen LogP contribution in [-0.2, 0) is 12.8 Å². The monoisotopic (exact) mass is 278 g/mol. The summed E-state index contributed by atoms with van der Waals surface area (Å²) in [7, 11) is 0. The van der Waals surface area contributed by atoms with Gasteiger partial charge in [-0.15, -0.1) is 6.58 Å². The van der Waals surface area contributed by atoms with Gasteiger partial charge in [0, 0.05) is 0 Å². The van der Waals surface area contributed by atoms with E-state index in [4.69, 9.17) is 0 Å². The SMILES string of the molecule is C=CC(Cc1ccccc1)C(C)(C)CCc1ccccc1. The van der Waals surface area contributed by atoms with Gasteiger partial charge >= 0.3 is 0 Å². The Balaban J connectivity index is 2.00. The molecular weight excluding hydrogens is 252 g/mol. The van der Waals surface area contributed by atoms with E-state index >= 15 is 0 Å². The first kappa shape index (κ1) is 15.6. The smallest absolute Gasteiger partial charge is 0.0144 e. The van der Waals surface area contributed by atoms with Gasteiger partial charge in [-0.1, -0.05) is 80.6 Å². The van der Waals surface area contributed by atoms with Crippen LogP contribution in [0, 0.1) is 11.3 Å². The van der Waals surface area contributed by atoms with Crippen molar-refractivity contribution >= 4 is 0 Å². The van der Waals surface area contributed by atoms with Gasteiger partial charge in [0.05, 0.1) is 0 Å². The summed E-state index contributed by atoms with van der Waals surface area (Å²) < 4.78 is 0. The molecular formula is C21H26. The van der Waals surface area contributed by atoms with Crippen LogP contribution in [0.4, 0.5) is 0 Å². The van der Waals surface area contributed by atoms with Crippen molar-refractivity contribution in [3.63, 3.8) is 0 Å². The Morgan fingerprint density at radius 3 is 1.95 bits per heavy atom. The molecule has 1 unspecified atom stereocenters. The highest BCUT2D eigenvalue weighted by Crippen LogP contribution is 2.35. The zero-order chi connectivity index (χ0) is 15.1. The molecule has 110 valence electrons. The second kappa shape index (κ2) is 7.26. The molecule has 2 aromatic rings. The van der Waals surface area contributed by atoms with Gasteiger partial charge in [0.25, 0.3) is 0 Å². The molecule has 0 aromatic heterocycles. The van der Waals surface area contributed by atoms with Crippen molar-refractivity contribution < 1.29 is 0 Å². The van der Waals surface area contributed by atoms with Crippen molar-refractivity contribution in [2.24, 2.45) is 11.3 Å². The zero-order valence-corrected chi connectivity index (χ0v) is 13.3. The minimum Gasteiger partial charge on any atom is -0.103 e. The first-order valence-corrected chi connectivity index (χ1v) is 7.82. The Morgan fingerprint density at radius 2 is 1.43 bits per heavy atom.